The molecule has 0 radical (unpaired) electrons. The highest BCUT2D eigenvalue weighted by Gasteiger charge is 2.38. The van der Waals surface area contributed by atoms with Gasteiger partial charge in [-0.15, -0.1) is 0 Å². The number of benzene rings is 1. The molecule has 130 valence electrons. The van der Waals surface area contributed by atoms with Gasteiger partial charge < -0.3 is 4.90 Å². The third-order valence-electron chi connectivity index (χ3n) is 3.80. The molecule has 9 heteroatoms. The molecule has 0 spiro atoms. The summed E-state index contributed by atoms with van der Waals surface area (Å²) >= 11 is 3.29. The van der Waals surface area contributed by atoms with Crippen LogP contribution in [0.5, 0.6) is 0 Å². The normalized spacial score (nSPS) is 21.2. The molecule has 0 aromatic heterocycles. The third-order valence-corrected chi connectivity index (χ3v) is 8.05. The monoisotopic (exact) mass is 424 g/mol. The van der Waals surface area contributed by atoms with Crippen molar-refractivity contribution in [2.75, 3.05) is 38.7 Å². The van der Waals surface area contributed by atoms with Crippen LogP contribution in [-0.2, 0) is 19.9 Å². The first-order chi connectivity index (χ1) is 10.6. The van der Waals surface area contributed by atoms with Crippen molar-refractivity contribution in [1.29, 1.82) is 0 Å². The molecule has 1 saturated heterocycles. The summed E-state index contributed by atoms with van der Waals surface area (Å²) in [4.78, 5) is 2.07. The van der Waals surface area contributed by atoms with E-state index in [1.807, 2.05) is 19.0 Å². The van der Waals surface area contributed by atoms with E-state index in [1.165, 1.54) is 16.4 Å². The Labute approximate surface area is 146 Å². The Hall–Kier alpha value is -0.480. The van der Waals surface area contributed by atoms with Crippen LogP contribution in [0.1, 0.15) is 6.42 Å². The molecule has 0 N–H and O–H groups in total. The maximum Gasteiger partial charge on any atom is 0.243 e. The molecule has 1 fully saturated rings. The van der Waals surface area contributed by atoms with Gasteiger partial charge in [-0.2, -0.15) is 4.31 Å². The molecular formula is C14H21BrN2O4S2. The van der Waals surface area contributed by atoms with Crippen molar-refractivity contribution < 1.29 is 16.8 Å². The molecule has 6 nitrogen and oxygen atoms in total. The Morgan fingerprint density at radius 1 is 1.17 bits per heavy atom. The maximum atomic E-state index is 13.0. The molecule has 23 heavy (non-hydrogen) atoms. The highest BCUT2D eigenvalue weighted by atomic mass is 79.9. The summed E-state index contributed by atoms with van der Waals surface area (Å²) in [6, 6.07) is 5.91. The summed E-state index contributed by atoms with van der Waals surface area (Å²) in [6.07, 6.45) is 0.353. The van der Waals surface area contributed by atoms with E-state index in [1.54, 1.807) is 12.1 Å². The summed E-state index contributed by atoms with van der Waals surface area (Å²) in [5.74, 6) is -0.0534. The second kappa shape index (κ2) is 7.18. The SMILES string of the molecule is CN(C)CCN([C@@H]1CCS(=O)(=O)C1)S(=O)(=O)c1ccc(Br)cc1. The number of sulfonamides is 1. The number of hydrogen-bond acceptors (Lipinski definition) is 5. The van der Waals surface area contributed by atoms with Gasteiger partial charge in [0.25, 0.3) is 0 Å². The molecule has 0 unspecified atom stereocenters. The van der Waals surface area contributed by atoms with Gasteiger partial charge in [0.1, 0.15) is 0 Å². The minimum Gasteiger partial charge on any atom is -0.308 e. The smallest absolute Gasteiger partial charge is 0.243 e. The van der Waals surface area contributed by atoms with Crippen molar-refractivity contribution in [1.82, 2.24) is 9.21 Å². The van der Waals surface area contributed by atoms with E-state index >= 15 is 0 Å². The summed E-state index contributed by atoms with van der Waals surface area (Å²) in [6.45, 7) is 0.803. The number of rotatable bonds is 6. The summed E-state index contributed by atoms with van der Waals surface area (Å²) in [5.41, 5.74) is 0. The Bertz CT molecular complexity index is 745. The van der Waals surface area contributed by atoms with Crippen LogP contribution in [0.4, 0.5) is 0 Å². The Kier molecular flexibility index (Phi) is 5.89. The van der Waals surface area contributed by atoms with Gasteiger partial charge in [0, 0.05) is 23.6 Å². The maximum absolute atomic E-state index is 13.0. The molecule has 0 aliphatic carbocycles. The lowest BCUT2D eigenvalue weighted by Gasteiger charge is -2.28. The van der Waals surface area contributed by atoms with E-state index in [9.17, 15) is 16.8 Å². The lowest BCUT2D eigenvalue weighted by molar-refractivity contribution is 0.293. The molecule has 0 saturated carbocycles. The van der Waals surface area contributed by atoms with Crippen LogP contribution < -0.4 is 0 Å². The minimum absolute atomic E-state index is 0.0476. The molecule has 1 aromatic rings. The van der Waals surface area contributed by atoms with Crippen molar-refractivity contribution in [2.24, 2.45) is 0 Å². The predicted molar refractivity (Wildman–Crippen MR) is 93.6 cm³/mol. The summed E-state index contributed by atoms with van der Waals surface area (Å²) < 4.78 is 51.5. The highest BCUT2D eigenvalue weighted by molar-refractivity contribution is 9.10. The molecule has 0 amide bonds. The van der Waals surface area contributed by atoms with Crippen LogP contribution in [-0.4, -0.2) is 70.8 Å². The third kappa shape index (κ3) is 4.76. The Morgan fingerprint density at radius 3 is 2.26 bits per heavy atom. The fourth-order valence-electron chi connectivity index (χ4n) is 2.54. The van der Waals surface area contributed by atoms with Crippen LogP contribution in [0.2, 0.25) is 0 Å². The second-order valence-corrected chi connectivity index (χ2v) is 11.0. The average molecular weight is 425 g/mol. The molecule has 1 aliphatic rings. The topological polar surface area (TPSA) is 74.8 Å². The van der Waals surface area contributed by atoms with Gasteiger partial charge in [-0.05, 0) is 44.8 Å². The van der Waals surface area contributed by atoms with E-state index in [2.05, 4.69) is 15.9 Å². The van der Waals surface area contributed by atoms with Gasteiger partial charge in [-0.25, -0.2) is 16.8 Å². The van der Waals surface area contributed by atoms with E-state index in [4.69, 9.17) is 0 Å². The molecule has 2 rings (SSSR count). The van der Waals surface area contributed by atoms with Crippen LogP contribution in [0.15, 0.2) is 33.6 Å². The number of halogens is 1. The first kappa shape index (κ1) is 18.9. The second-order valence-electron chi connectivity index (χ2n) is 5.93. The standard InChI is InChI=1S/C14H21BrN2O4S2/c1-16(2)8-9-17(13-7-10-22(18,19)11-13)23(20,21)14-5-3-12(15)4-6-14/h3-6,13H,7-11H2,1-2H3/t13-/m1/s1. The Balaban J connectivity index is 2.33. The van der Waals surface area contributed by atoms with E-state index in [0.717, 1.165) is 4.47 Å². The number of likely N-dealkylation sites (N-methyl/N-ethyl adjacent to an activating group) is 1. The fraction of sp³-hybridized carbons (Fsp3) is 0.571. The zero-order chi connectivity index (χ0) is 17.3. The van der Waals surface area contributed by atoms with Crippen molar-refractivity contribution in [2.45, 2.75) is 17.4 Å². The van der Waals surface area contributed by atoms with Crippen molar-refractivity contribution in [3.05, 3.63) is 28.7 Å². The lowest BCUT2D eigenvalue weighted by atomic mass is 10.2. The van der Waals surface area contributed by atoms with Gasteiger partial charge in [0.05, 0.1) is 16.4 Å². The number of sulfone groups is 1. The van der Waals surface area contributed by atoms with Crippen LogP contribution >= 0.6 is 15.9 Å². The summed E-state index contributed by atoms with van der Waals surface area (Å²) in [7, 11) is -3.17. The van der Waals surface area contributed by atoms with E-state index in [0.29, 0.717) is 13.0 Å². The quantitative estimate of drug-likeness (QED) is 0.685. The van der Waals surface area contributed by atoms with Crippen molar-refractivity contribution >= 4 is 35.8 Å². The minimum atomic E-state index is -3.73. The van der Waals surface area contributed by atoms with E-state index < -0.39 is 25.9 Å². The molecule has 1 atom stereocenters. The van der Waals surface area contributed by atoms with Crippen molar-refractivity contribution in [3.8, 4) is 0 Å². The summed E-state index contributed by atoms with van der Waals surface area (Å²) in [5, 5.41) is 0. The highest BCUT2D eigenvalue weighted by Crippen LogP contribution is 2.25. The van der Waals surface area contributed by atoms with Crippen molar-refractivity contribution in [3.63, 3.8) is 0 Å². The zero-order valence-corrected chi connectivity index (χ0v) is 16.4. The molecule has 1 heterocycles. The zero-order valence-electron chi connectivity index (χ0n) is 13.1. The van der Waals surface area contributed by atoms with Crippen LogP contribution in [0, 0.1) is 0 Å². The average Bonchev–Trinajstić information content (AvgIpc) is 2.79. The molecule has 0 bridgehead atoms. The molecule has 1 aromatic carbocycles. The molecular weight excluding hydrogens is 404 g/mol. The van der Waals surface area contributed by atoms with Gasteiger partial charge in [0.15, 0.2) is 9.84 Å². The molecule has 1 aliphatic heterocycles. The van der Waals surface area contributed by atoms with Crippen LogP contribution in [0.25, 0.3) is 0 Å². The lowest BCUT2D eigenvalue weighted by Crippen LogP contribution is -2.44. The Morgan fingerprint density at radius 2 is 1.78 bits per heavy atom. The fourth-order valence-corrected chi connectivity index (χ4v) is 6.28. The first-order valence-electron chi connectivity index (χ1n) is 7.24. The first-order valence-corrected chi connectivity index (χ1v) is 11.3. The van der Waals surface area contributed by atoms with Gasteiger partial charge in [-0.1, -0.05) is 15.9 Å². The predicted octanol–water partition coefficient (Wildman–Crippen LogP) is 1.19. The largest absolute Gasteiger partial charge is 0.308 e. The van der Waals surface area contributed by atoms with Gasteiger partial charge in [0.2, 0.25) is 10.0 Å². The number of hydrogen-bond donors (Lipinski definition) is 0. The van der Waals surface area contributed by atoms with Gasteiger partial charge >= 0.3 is 0 Å². The van der Waals surface area contributed by atoms with Gasteiger partial charge in [-0.3, -0.25) is 0 Å². The van der Waals surface area contributed by atoms with E-state index in [-0.39, 0.29) is 22.9 Å². The van der Waals surface area contributed by atoms with Crippen LogP contribution in [0.3, 0.4) is 0 Å². The number of nitrogens with zero attached hydrogens (tertiary/aromatic N) is 2.